The molecule has 1 heterocycles. The van der Waals surface area contributed by atoms with Crippen LogP contribution in [0.25, 0.3) is 0 Å². The van der Waals surface area contributed by atoms with Gasteiger partial charge in [-0.25, -0.2) is 0 Å². The van der Waals surface area contributed by atoms with Crippen molar-refractivity contribution in [3.8, 4) is 0 Å². The fraction of sp³-hybridized carbons (Fsp3) is 0.167. The second kappa shape index (κ2) is 6.03. The van der Waals surface area contributed by atoms with Crippen LogP contribution >= 0.6 is 81.7 Å². The third kappa shape index (κ3) is 3.35. The molecule has 0 nitrogen and oxygen atoms in total. The van der Waals surface area contributed by atoms with Crippen LogP contribution in [-0.2, 0) is 0 Å². The summed E-state index contributed by atoms with van der Waals surface area (Å²) >= 11 is 15.1. The van der Waals surface area contributed by atoms with E-state index in [0.29, 0.717) is 0 Å². The molecular formula is C12H8Br3IS. The number of rotatable bonds is 2. The number of hydrogen-bond donors (Lipinski definition) is 0. The average molecular weight is 551 g/mol. The van der Waals surface area contributed by atoms with Gasteiger partial charge >= 0.3 is 0 Å². The van der Waals surface area contributed by atoms with Crippen molar-refractivity contribution in [2.45, 2.75) is 11.8 Å². The van der Waals surface area contributed by atoms with Crippen molar-refractivity contribution in [3.63, 3.8) is 0 Å². The third-order valence-corrected chi connectivity index (χ3v) is 7.32. The van der Waals surface area contributed by atoms with Crippen LogP contribution in [0.3, 0.4) is 0 Å². The van der Waals surface area contributed by atoms with Crippen molar-refractivity contribution in [3.05, 3.63) is 52.1 Å². The van der Waals surface area contributed by atoms with E-state index in [0.717, 1.165) is 4.47 Å². The molecule has 90 valence electrons. The molecule has 1 atom stereocenters. The summed E-state index contributed by atoms with van der Waals surface area (Å²) in [5.74, 6) is 0. The van der Waals surface area contributed by atoms with Gasteiger partial charge in [-0.15, -0.1) is 11.3 Å². The van der Waals surface area contributed by atoms with Gasteiger partial charge in [0.25, 0.3) is 0 Å². The van der Waals surface area contributed by atoms with E-state index in [9.17, 15) is 0 Å². The van der Waals surface area contributed by atoms with Gasteiger partial charge in [0.1, 0.15) is 0 Å². The first kappa shape index (κ1) is 14.5. The van der Waals surface area contributed by atoms with E-state index in [-0.39, 0.29) is 4.83 Å². The molecule has 0 saturated carbocycles. The smallest absolute Gasteiger partial charge is 0.0749 e. The quantitative estimate of drug-likeness (QED) is 0.289. The van der Waals surface area contributed by atoms with Crippen molar-refractivity contribution < 1.29 is 0 Å². The number of halogens is 4. The predicted molar refractivity (Wildman–Crippen MR) is 94.4 cm³/mol. The fourth-order valence-electron chi connectivity index (χ4n) is 1.47. The maximum Gasteiger partial charge on any atom is 0.0749 e. The monoisotopic (exact) mass is 548 g/mol. The number of aryl methyl sites for hydroxylation is 1. The van der Waals surface area contributed by atoms with Gasteiger partial charge in [0, 0.05) is 22.3 Å². The minimum Gasteiger partial charge on any atom is -0.143 e. The van der Waals surface area contributed by atoms with E-state index in [2.05, 4.69) is 102 Å². The Hall–Kier alpha value is 1.09. The summed E-state index contributed by atoms with van der Waals surface area (Å²) in [6.45, 7) is 2.13. The molecule has 17 heavy (non-hydrogen) atoms. The van der Waals surface area contributed by atoms with Crippen LogP contribution in [0.4, 0.5) is 0 Å². The summed E-state index contributed by atoms with van der Waals surface area (Å²) in [5.41, 5.74) is 1.30. The normalized spacial score (nSPS) is 12.8. The van der Waals surface area contributed by atoms with E-state index < -0.39 is 0 Å². The molecule has 0 aliphatic rings. The standard InChI is InChI=1S/C12H8Br3IS/c1-6-9(14)5-11(17-6)12(15)8-4-7(13)2-3-10(8)16/h2-5,12H,1H3. The van der Waals surface area contributed by atoms with Crippen LogP contribution in [-0.4, -0.2) is 0 Å². The highest BCUT2D eigenvalue weighted by atomic mass is 127. The minimum absolute atomic E-state index is 0.252. The van der Waals surface area contributed by atoms with E-state index in [1.54, 1.807) is 0 Å². The topological polar surface area (TPSA) is 0 Å². The van der Waals surface area contributed by atoms with E-state index in [1.165, 1.54) is 23.4 Å². The molecule has 0 radical (unpaired) electrons. The van der Waals surface area contributed by atoms with Gasteiger partial charge in [0.2, 0.25) is 0 Å². The summed E-state index contributed by atoms with van der Waals surface area (Å²) in [6.07, 6.45) is 0. The van der Waals surface area contributed by atoms with Gasteiger partial charge in [-0.1, -0.05) is 31.9 Å². The van der Waals surface area contributed by atoms with Crippen LogP contribution in [0.15, 0.2) is 33.2 Å². The molecule has 5 heteroatoms. The first-order chi connectivity index (χ1) is 7.99. The van der Waals surface area contributed by atoms with Crippen LogP contribution in [0.1, 0.15) is 20.1 Å². The summed E-state index contributed by atoms with van der Waals surface area (Å²) < 4.78 is 3.58. The van der Waals surface area contributed by atoms with E-state index in [4.69, 9.17) is 0 Å². The van der Waals surface area contributed by atoms with Gasteiger partial charge < -0.3 is 0 Å². The van der Waals surface area contributed by atoms with Crippen molar-refractivity contribution >= 4 is 81.7 Å². The Morgan fingerprint density at radius 3 is 2.53 bits per heavy atom. The molecule has 2 aromatic rings. The first-order valence-electron chi connectivity index (χ1n) is 4.84. The lowest BCUT2D eigenvalue weighted by Crippen LogP contribution is -1.93. The molecule has 0 spiro atoms. The van der Waals surface area contributed by atoms with Crippen LogP contribution in [0, 0.1) is 10.5 Å². The maximum absolute atomic E-state index is 3.79. The van der Waals surface area contributed by atoms with Crippen LogP contribution < -0.4 is 0 Å². The second-order valence-electron chi connectivity index (χ2n) is 3.58. The Balaban J connectivity index is 2.42. The lowest BCUT2D eigenvalue weighted by atomic mass is 10.1. The number of alkyl halides is 1. The summed E-state index contributed by atoms with van der Waals surface area (Å²) in [6, 6.07) is 8.56. The summed E-state index contributed by atoms with van der Waals surface area (Å²) in [7, 11) is 0. The summed E-state index contributed by atoms with van der Waals surface area (Å²) in [5, 5.41) is 0. The van der Waals surface area contributed by atoms with Crippen molar-refractivity contribution in [2.75, 3.05) is 0 Å². The predicted octanol–water partition coefficient (Wildman–Crippen LogP) is 6.67. The lowest BCUT2D eigenvalue weighted by molar-refractivity contribution is 1.20. The Bertz CT molecular complexity index is 531. The number of benzene rings is 1. The van der Waals surface area contributed by atoms with Gasteiger partial charge in [-0.05, 0) is 75.3 Å². The van der Waals surface area contributed by atoms with Crippen molar-refractivity contribution in [2.24, 2.45) is 0 Å². The fourth-order valence-corrected chi connectivity index (χ4v) is 5.27. The summed E-state index contributed by atoms with van der Waals surface area (Å²) in [4.78, 5) is 2.89. The molecule has 0 aliphatic heterocycles. The molecule has 0 bridgehead atoms. The highest BCUT2D eigenvalue weighted by Crippen LogP contribution is 2.40. The van der Waals surface area contributed by atoms with Crippen LogP contribution in [0.2, 0.25) is 0 Å². The second-order valence-corrected chi connectivity index (χ2v) is 8.72. The van der Waals surface area contributed by atoms with Gasteiger partial charge in [-0.2, -0.15) is 0 Å². The largest absolute Gasteiger partial charge is 0.143 e. The Kier molecular flexibility index (Phi) is 5.14. The van der Waals surface area contributed by atoms with Crippen molar-refractivity contribution in [1.82, 2.24) is 0 Å². The Morgan fingerprint density at radius 2 is 1.94 bits per heavy atom. The number of thiophene rings is 1. The Labute approximate surface area is 144 Å². The zero-order valence-corrected chi connectivity index (χ0v) is 16.5. The zero-order valence-electron chi connectivity index (χ0n) is 8.81. The SMILES string of the molecule is Cc1sc(C(Br)c2cc(Br)ccc2I)cc1Br. The van der Waals surface area contributed by atoms with E-state index >= 15 is 0 Å². The van der Waals surface area contributed by atoms with E-state index in [1.807, 2.05) is 11.3 Å². The average Bonchev–Trinajstić information content (AvgIpc) is 2.62. The molecule has 0 amide bonds. The first-order valence-corrected chi connectivity index (χ1v) is 9.23. The molecule has 0 saturated heterocycles. The maximum atomic E-state index is 3.79. The highest BCUT2D eigenvalue weighted by molar-refractivity contribution is 14.1. The van der Waals surface area contributed by atoms with Crippen molar-refractivity contribution in [1.29, 1.82) is 0 Å². The van der Waals surface area contributed by atoms with Gasteiger partial charge in [0.15, 0.2) is 0 Å². The Morgan fingerprint density at radius 1 is 1.24 bits per heavy atom. The number of hydrogen-bond acceptors (Lipinski definition) is 1. The van der Waals surface area contributed by atoms with Gasteiger partial charge in [0.05, 0.1) is 4.83 Å². The molecular weight excluding hydrogens is 543 g/mol. The molecule has 2 rings (SSSR count). The zero-order chi connectivity index (χ0) is 12.6. The minimum atomic E-state index is 0.252. The molecule has 1 aromatic heterocycles. The van der Waals surface area contributed by atoms with Crippen LogP contribution in [0.5, 0.6) is 0 Å². The molecule has 1 unspecified atom stereocenters. The molecule has 0 aliphatic carbocycles. The molecule has 1 aromatic carbocycles. The highest BCUT2D eigenvalue weighted by Gasteiger charge is 2.17. The third-order valence-electron chi connectivity index (χ3n) is 2.36. The molecule has 0 N–H and O–H groups in total. The lowest BCUT2D eigenvalue weighted by Gasteiger charge is -2.11. The molecule has 0 fully saturated rings. The van der Waals surface area contributed by atoms with Gasteiger partial charge in [-0.3, -0.25) is 0 Å².